The van der Waals surface area contributed by atoms with Crippen molar-refractivity contribution in [3.05, 3.63) is 29.8 Å². The minimum absolute atomic E-state index is 0.0333. The van der Waals surface area contributed by atoms with Crippen LogP contribution >= 0.6 is 0 Å². The number of benzene rings is 1. The van der Waals surface area contributed by atoms with Gasteiger partial charge >= 0.3 is 0 Å². The fraction of sp³-hybridized carbons (Fsp3) is 0.273. The molecule has 0 aliphatic carbocycles. The van der Waals surface area contributed by atoms with Crippen molar-refractivity contribution in [2.24, 2.45) is 0 Å². The Morgan fingerprint density at radius 2 is 2.07 bits per heavy atom. The van der Waals surface area contributed by atoms with Crippen molar-refractivity contribution in [2.45, 2.75) is 6.42 Å². The molecule has 78 valence electrons. The summed E-state index contributed by atoms with van der Waals surface area (Å²) >= 11 is 0. The highest BCUT2D eigenvalue weighted by atomic mass is 16.1. The summed E-state index contributed by atoms with van der Waals surface area (Å²) in [4.78, 5) is 11.3. The van der Waals surface area contributed by atoms with E-state index in [2.05, 4.69) is 10.6 Å². The molecular formula is C11H13N3O. The van der Waals surface area contributed by atoms with Crippen LogP contribution in [0.4, 0.5) is 5.69 Å². The van der Waals surface area contributed by atoms with Crippen molar-refractivity contribution in [3.63, 3.8) is 0 Å². The maximum absolute atomic E-state index is 11.3. The van der Waals surface area contributed by atoms with E-state index in [-0.39, 0.29) is 5.91 Å². The van der Waals surface area contributed by atoms with E-state index >= 15 is 0 Å². The molecule has 0 bridgehead atoms. The highest BCUT2D eigenvalue weighted by molar-refractivity contribution is 5.90. The number of hydrogen-bond acceptors (Lipinski definition) is 3. The second-order valence-corrected chi connectivity index (χ2v) is 3.09. The molecule has 0 fully saturated rings. The van der Waals surface area contributed by atoms with Crippen LogP contribution < -0.4 is 10.6 Å². The van der Waals surface area contributed by atoms with Crippen LogP contribution in [0.2, 0.25) is 0 Å². The minimum atomic E-state index is -0.0333. The number of amides is 1. The van der Waals surface area contributed by atoms with Crippen LogP contribution in [0.5, 0.6) is 0 Å². The van der Waals surface area contributed by atoms with Gasteiger partial charge in [0, 0.05) is 18.7 Å². The monoisotopic (exact) mass is 203 g/mol. The van der Waals surface area contributed by atoms with Gasteiger partial charge in [-0.15, -0.1) is 0 Å². The topological polar surface area (TPSA) is 64.9 Å². The minimum Gasteiger partial charge on any atom is -0.326 e. The van der Waals surface area contributed by atoms with Crippen molar-refractivity contribution < 1.29 is 4.79 Å². The summed E-state index contributed by atoms with van der Waals surface area (Å²) in [5.41, 5.74) is 1.30. The first-order chi connectivity index (χ1) is 7.26. The van der Waals surface area contributed by atoms with Gasteiger partial charge in [-0.2, -0.15) is 5.26 Å². The number of hydrogen-bond donors (Lipinski definition) is 2. The number of nitrogens with one attached hydrogen (secondary N) is 2. The Labute approximate surface area is 88.9 Å². The summed E-state index contributed by atoms with van der Waals surface area (Å²) in [6, 6.07) is 8.80. The largest absolute Gasteiger partial charge is 0.326 e. The summed E-state index contributed by atoms with van der Waals surface area (Å²) in [6.07, 6.45) is 0.441. The molecule has 0 atom stereocenters. The second-order valence-electron chi connectivity index (χ2n) is 3.09. The standard InChI is InChI=1S/C11H13N3O/c1-13-7-6-11(15)14-10-4-2-9(8-12)3-5-10/h2-5,13H,6-7H2,1H3,(H,14,15). The first kappa shape index (κ1) is 11.2. The van der Waals surface area contributed by atoms with Crippen LogP contribution in [0.3, 0.4) is 0 Å². The van der Waals surface area contributed by atoms with Gasteiger partial charge in [-0.05, 0) is 31.3 Å². The number of carbonyl (C=O) groups excluding carboxylic acids is 1. The molecule has 0 saturated heterocycles. The Hall–Kier alpha value is -1.86. The quantitative estimate of drug-likeness (QED) is 0.770. The average Bonchev–Trinajstić information content (AvgIpc) is 2.27. The highest BCUT2D eigenvalue weighted by Gasteiger charge is 2.00. The average molecular weight is 203 g/mol. The second kappa shape index (κ2) is 5.78. The van der Waals surface area contributed by atoms with Gasteiger partial charge in [-0.1, -0.05) is 0 Å². The Kier molecular flexibility index (Phi) is 4.32. The summed E-state index contributed by atoms with van der Waals surface area (Å²) in [5.74, 6) is -0.0333. The molecule has 0 spiro atoms. The van der Waals surface area contributed by atoms with E-state index in [0.717, 1.165) is 5.69 Å². The fourth-order valence-corrected chi connectivity index (χ4v) is 1.09. The zero-order valence-electron chi connectivity index (χ0n) is 8.58. The molecule has 2 N–H and O–H groups in total. The Bertz CT molecular complexity index is 364. The molecule has 0 saturated carbocycles. The van der Waals surface area contributed by atoms with Crippen molar-refractivity contribution >= 4 is 11.6 Å². The predicted octanol–water partition coefficient (Wildman–Crippen LogP) is 1.11. The molecule has 0 aromatic heterocycles. The molecule has 0 aliphatic rings. The Balaban J connectivity index is 2.50. The molecule has 1 aromatic carbocycles. The van der Waals surface area contributed by atoms with Gasteiger partial charge in [-0.3, -0.25) is 4.79 Å². The van der Waals surface area contributed by atoms with Gasteiger partial charge in [0.25, 0.3) is 0 Å². The molecule has 0 unspecified atom stereocenters. The van der Waals surface area contributed by atoms with Gasteiger partial charge in [0.15, 0.2) is 0 Å². The maximum Gasteiger partial charge on any atom is 0.225 e. The van der Waals surface area contributed by atoms with E-state index in [1.54, 1.807) is 31.3 Å². The molecule has 0 heterocycles. The molecular weight excluding hydrogens is 190 g/mol. The van der Waals surface area contributed by atoms with Crippen LogP contribution in [0.15, 0.2) is 24.3 Å². The molecule has 0 aliphatic heterocycles. The van der Waals surface area contributed by atoms with Crippen LogP contribution in [-0.4, -0.2) is 19.5 Å². The molecule has 4 heteroatoms. The molecule has 1 amide bonds. The van der Waals surface area contributed by atoms with Gasteiger partial charge in [0.2, 0.25) is 5.91 Å². The van der Waals surface area contributed by atoms with Gasteiger partial charge < -0.3 is 10.6 Å². The third-order valence-electron chi connectivity index (χ3n) is 1.90. The van der Waals surface area contributed by atoms with E-state index in [1.165, 1.54) is 0 Å². The van der Waals surface area contributed by atoms with E-state index in [9.17, 15) is 4.79 Å². The summed E-state index contributed by atoms with van der Waals surface area (Å²) < 4.78 is 0. The summed E-state index contributed by atoms with van der Waals surface area (Å²) in [6.45, 7) is 0.655. The lowest BCUT2D eigenvalue weighted by atomic mass is 10.2. The zero-order chi connectivity index (χ0) is 11.1. The Morgan fingerprint density at radius 3 is 2.60 bits per heavy atom. The molecule has 1 rings (SSSR count). The van der Waals surface area contributed by atoms with Crippen molar-refractivity contribution in [2.75, 3.05) is 18.9 Å². The van der Waals surface area contributed by atoms with Crippen LogP contribution in [-0.2, 0) is 4.79 Å². The van der Waals surface area contributed by atoms with E-state index in [0.29, 0.717) is 18.5 Å². The van der Waals surface area contributed by atoms with Crippen LogP contribution in [0.1, 0.15) is 12.0 Å². The number of rotatable bonds is 4. The number of nitriles is 1. The van der Waals surface area contributed by atoms with Crippen LogP contribution in [0.25, 0.3) is 0 Å². The zero-order valence-corrected chi connectivity index (χ0v) is 8.58. The smallest absolute Gasteiger partial charge is 0.225 e. The number of anilines is 1. The van der Waals surface area contributed by atoms with E-state index in [1.807, 2.05) is 6.07 Å². The normalized spacial score (nSPS) is 9.33. The Morgan fingerprint density at radius 1 is 1.40 bits per heavy atom. The first-order valence-electron chi connectivity index (χ1n) is 4.71. The first-order valence-corrected chi connectivity index (χ1v) is 4.71. The third-order valence-corrected chi connectivity index (χ3v) is 1.90. The van der Waals surface area contributed by atoms with Gasteiger partial charge in [0.1, 0.15) is 0 Å². The molecule has 4 nitrogen and oxygen atoms in total. The summed E-state index contributed by atoms with van der Waals surface area (Å²) in [5, 5.41) is 14.2. The molecule has 1 aromatic rings. The molecule has 15 heavy (non-hydrogen) atoms. The lowest BCUT2D eigenvalue weighted by molar-refractivity contribution is -0.116. The lowest BCUT2D eigenvalue weighted by Crippen LogP contribution is -2.18. The fourth-order valence-electron chi connectivity index (χ4n) is 1.09. The van der Waals surface area contributed by atoms with E-state index in [4.69, 9.17) is 5.26 Å². The number of carbonyl (C=O) groups is 1. The van der Waals surface area contributed by atoms with Gasteiger partial charge in [-0.25, -0.2) is 0 Å². The van der Waals surface area contributed by atoms with Gasteiger partial charge in [0.05, 0.1) is 11.6 Å². The van der Waals surface area contributed by atoms with Crippen molar-refractivity contribution in [1.82, 2.24) is 5.32 Å². The molecule has 0 radical (unpaired) electrons. The third kappa shape index (κ3) is 3.79. The van der Waals surface area contributed by atoms with E-state index < -0.39 is 0 Å². The lowest BCUT2D eigenvalue weighted by Gasteiger charge is -2.04. The highest BCUT2D eigenvalue weighted by Crippen LogP contribution is 2.08. The van der Waals surface area contributed by atoms with Crippen molar-refractivity contribution in [3.8, 4) is 6.07 Å². The SMILES string of the molecule is CNCCC(=O)Nc1ccc(C#N)cc1. The van der Waals surface area contributed by atoms with Crippen molar-refractivity contribution in [1.29, 1.82) is 5.26 Å². The number of nitrogens with zero attached hydrogens (tertiary/aromatic N) is 1. The van der Waals surface area contributed by atoms with Crippen LogP contribution in [0, 0.1) is 11.3 Å². The predicted molar refractivity (Wildman–Crippen MR) is 58.3 cm³/mol. The maximum atomic E-state index is 11.3. The summed E-state index contributed by atoms with van der Waals surface area (Å²) in [7, 11) is 1.80.